The van der Waals surface area contributed by atoms with Crippen LogP contribution >= 0.6 is 0 Å². The highest BCUT2D eigenvalue weighted by atomic mass is 16.7. The molecule has 0 aromatic carbocycles. The molecule has 1 saturated heterocycles. The van der Waals surface area contributed by atoms with Gasteiger partial charge in [-0.2, -0.15) is 0 Å². The van der Waals surface area contributed by atoms with Gasteiger partial charge in [0.25, 0.3) is 0 Å². The third-order valence-corrected chi connectivity index (χ3v) is 15.2. The lowest BCUT2D eigenvalue weighted by atomic mass is 9.99. The number of ether oxygens (including phenoxy) is 3. The van der Waals surface area contributed by atoms with Crippen LogP contribution in [0, 0.1) is 0 Å². The summed E-state index contributed by atoms with van der Waals surface area (Å²) in [6.45, 7) is 4.30. The highest BCUT2D eigenvalue weighted by Crippen LogP contribution is 2.23. The smallest absolute Gasteiger partial charge is 0.305 e. The van der Waals surface area contributed by atoms with E-state index in [-0.39, 0.29) is 18.5 Å². The lowest BCUT2D eigenvalue weighted by Crippen LogP contribution is -2.60. The summed E-state index contributed by atoms with van der Waals surface area (Å²) in [7, 11) is 0. The number of carbonyl (C=O) groups is 2. The van der Waals surface area contributed by atoms with Crippen LogP contribution in [-0.2, 0) is 23.8 Å². The number of unbranched alkanes of at least 4 members (excludes halogenated alkanes) is 38. The van der Waals surface area contributed by atoms with Gasteiger partial charge in [0.05, 0.1) is 32.0 Å². The Labute approximate surface area is 466 Å². The van der Waals surface area contributed by atoms with Crippen LogP contribution in [0.2, 0.25) is 0 Å². The number of carbonyl (C=O) groups excluding carboxylic acids is 2. The van der Waals surface area contributed by atoms with Crippen LogP contribution in [0.4, 0.5) is 0 Å². The van der Waals surface area contributed by atoms with Crippen LogP contribution in [-0.4, -0.2) is 100 Å². The average molecular weight is 1080 g/mol. The first kappa shape index (κ1) is 71.9. The summed E-state index contributed by atoms with van der Waals surface area (Å²) in [5.74, 6) is -0.193. The summed E-state index contributed by atoms with van der Waals surface area (Å²) in [6, 6.07) is -0.810. The van der Waals surface area contributed by atoms with Crippen molar-refractivity contribution in [2.24, 2.45) is 0 Å². The minimum Gasteiger partial charge on any atom is -0.466 e. The van der Waals surface area contributed by atoms with E-state index in [1.54, 1.807) is 6.08 Å². The Morgan fingerprint density at radius 1 is 0.487 bits per heavy atom. The highest BCUT2D eigenvalue weighted by Gasteiger charge is 2.44. The molecule has 1 amide bonds. The number of allylic oxidation sites excluding steroid dienone is 5. The third-order valence-electron chi connectivity index (χ3n) is 15.2. The van der Waals surface area contributed by atoms with Gasteiger partial charge in [-0.15, -0.1) is 0 Å². The summed E-state index contributed by atoms with van der Waals surface area (Å²) in [5, 5.41) is 54.2. The molecule has 7 unspecified atom stereocenters. The van der Waals surface area contributed by atoms with Gasteiger partial charge in [0.15, 0.2) is 6.29 Å². The number of rotatable bonds is 56. The van der Waals surface area contributed by atoms with E-state index >= 15 is 0 Å². The van der Waals surface area contributed by atoms with Crippen LogP contribution in [0.5, 0.6) is 0 Å². The first-order valence-electron chi connectivity index (χ1n) is 32.3. The maximum atomic E-state index is 13.0. The summed E-state index contributed by atoms with van der Waals surface area (Å²) >= 11 is 0. The van der Waals surface area contributed by atoms with Gasteiger partial charge in [0.1, 0.15) is 24.4 Å². The molecule has 0 radical (unpaired) electrons. The Kier molecular flexibility index (Phi) is 51.9. The molecule has 0 saturated carbocycles. The molecule has 0 spiro atoms. The van der Waals surface area contributed by atoms with E-state index in [0.717, 1.165) is 70.6 Å². The van der Waals surface area contributed by atoms with E-state index < -0.39 is 49.5 Å². The zero-order valence-electron chi connectivity index (χ0n) is 49.2. The Morgan fingerprint density at radius 2 is 0.882 bits per heavy atom. The molecule has 1 fully saturated rings. The van der Waals surface area contributed by atoms with E-state index in [1.807, 2.05) is 6.08 Å². The standard InChI is InChI=1S/C65H121NO10/c1-3-5-7-9-11-13-14-15-16-17-24-27-30-33-37-41-45-49-53-61(70)74-54-50-46-42-38-34-31-28-25-22-20-18-19-21-23-26-29-32-36-40-44-48-52-60(69)66-57(58(68)51-47-43-39-35-12-10-8-6-4-2)56-75-65-64(73)63(72)62(71)59(55-67)76-65/h13-14,16-17,47,51,57-59,62-65,67-68,71-73H,3-12,15,18-46,48-50,52-56H2,1-2H3,(H,66,69)/b14-13-,17-16-,51-47+. The predicted molar refractivity (Wildman–Crippen MR) is 315 cm³/mol. The van der Waals surface area contributed by atoms with Crippen LogP contribution in [0.1, 0.15) is 303 Å². The minimum atomic E-state index is -1.57. The number of aliphatic hydroxyl groups excluding tert-OH is 5. The maximum absolute atomic E-state index is 13.0. The maximum Gasteiger partial charge on any atom is 0.305 e. The Balaban J connectivity index is 1.96. The van der Waals surface area contributed by atoms with E-state index in [0.29, 0.717) is 19.4 Å². The molecule has 0 aromatic heterocycles. The second-order valence-electron chi connectivity index (χ2n) is 22.5. The van der Waals surface area contributed by atoms with Crippen molar-refractivity contribution in [3.63, 3.8) is 0 Å². The van der Waals surface area contributed by atoms with Crippen molar-refractivity contribution in [3.05, 3.63) is 36.5 Å². The summed E-state index contributed by atoms with van der Waals surface area (Å²) in [4.78, 5) is 25.1. The molecular formula is C65H121NO10. The van der Waals surface area contributed by atoms with E-state index in [2.05, 4.69) is 43.5 Å². The number of hydrogen-bond acceptors (Lipinski definition) is 10. The summed E-state index contributed by atoms with van der Waals surface area (Å²) < 4.78 is 16.7. The fraction of sp³-hybridized carbons (Fsp3) is 0.877. The molecular weight excluding hydrogens is 955 g/mol. The lowest BCUT2D eigenvalue weighted by molar-refractivity contribution is -0.302. The van der Waals surface area contributed by atoms with Crippen molar-refractivity contribution >= 4 is 11.9 Å². The largest absolute Gasteiger partial charge is 0.466 e. The van der Waals surface area contributed by atoms with Gasteiger partial charge in [-0.1, -0.05) is 262 Å². The number of amides is 1. The first-order valence-corrected chi connectivity index (χ1v) is 32.3. The molecule has 1 aliphatic rings. The van der Waals surface area contributed by atoms with Gasteiger partial charge in [-0.25, -0.2) is 0 Å². The zero-order chi connectivity index (χ0) is 55.2. The first-order chi connectivity index (χ1) is 37.2. The van der Waals surface area contributed by atoms with Gasteiger partial charge in [0.2, 0.25) is 5.91 Å². The lowest BCUT2D eigenvalue weighted by Gasteiger charge is -2.40. The monoisotopic (exact) mass is 1080 g/mol. The molecule has 11 heteroatoms. The Morgan fingerprint density at radius 3 is 1.34 bits per heavy atom. The van der Waals surface area contributed by atoms with Crippen molar-refractivity contribution in [1.82, 2.24) is 5.32 Å². The van der Waals surface area contributed by atoms with Gasteiger partial charge in [0, 0.05) is 12.8 Å². The zero-order valence-corrected chi connectivity index (χ0v) is 49.2. The van der Waals surface area contributed by atoms with Crippen molar-refractivity contribution in [2.45, 2.75) is 346 Å². The molecule has 1 heterocycles. The van der Waals surface area contributed by atoms with Crippen molar-refractivity contribution in [3.8, 4) is 0 Å². The SMILES string of the molecule is CCCCCC/C=C\C/C=C\CCCCCCCCCC(=O)OCCCCCCCCCCCCCCCCCCCCCCCC(=O)NC(COC1OC(CO)C(O)C(O)C1O)C(O)/C=C/CCCCCCCCC. The predicted octanol–water partition coefficient (Wildman–Crippen LogP) is 15.5. The molecule has 11 nitrogen and oxygen atoms in total. The fourth-order valence-corrected chi connectivity index (χ4v) is 10.1. The molecule has 76 heavy (non-hydrogen) atoms. The second-order valence-corrected chi connectivity index (χ2v) is 22.5. The number of nitrogens with one attached hydrogen (secondary N) is 1. The number of aliphatic hydroxyl groups is 5. The van der Waals surface area contributed by atoms with Crippen molar-refractivity contribution < 1.29 is 49.3 Å². The summed E-state index contributed by atoms with van der Waals surface area (Å²) in [5.41, 5.74) is 0. The Bertz CT molecular complexity index is 1360. The van der Waals surface area contributed by atoms with Crippen LogP contribution < -0.4 is 5.32 Å². The van der Waals surface area contributed by atoms with Crippen molar-refractivity contribution in [2.75, 3.05) is 19.8 Å². The number of hydrogen-bond donors (Lipinski definition) is 6. The molecule has 0 aliphatic carbocycles. The summed E-state index contributed by atoms with van der Waals surface area (Å²) in [6.07, 6.45) is 58.3. The molecule has 0 aromatic rings. The minimum absolute atomic E-state index is 0.00851. The molecule has 0 bridgehead atoms. The molecule has 1 aliphatic heterocycles. The van der Waals surface area contributed by atoms with Crippen LogP contribution in [0.25, 0.3) is 0 Å². The quantitative estimate of drug-likeness (QED) is 0.0195. The topological polar surface area (TPSA) is 175 Å². The van der Waals surface area contributed by atoms with Crippen molar-refractivity contribution in [1.29, 1.82) is 0 Å². The second kappa shape index (κ2) is 54.8. The molecule has 6 N–H and O–H groups in total. The fourth-order valence-electron chi connectivity index (χ4n) is 10.1. The van der Waals surface area contributed by atoms with Gasteiger partial charge in [-0.3, -0.25) is 9.59 Å². The Hall–Kier alpha value is -2.12. The average Bonchev–Trinajstić information content (AvgIpc) is 3.42. The van der Waals surface area contributed by atoms with Gasteiger partial charge < -0.3 is 45.1 Å². The van der Waals surface area contributed by atoms with Gasteiger partial charge in [-0.05, 0) is 64.2 Å². The highest BCUT2D eigenvalue weighted by molar-refractivity contribution is 5.76. The van der Waals surface area contributed by atoms with Crippen LogP contribution in [0.3, 0.4) is 0 Å². The molecule has 446 valence electrons. The van der Waals surface area contributed by atoms with E-state index in [1.165, 1.54) is 205 Å². The van der Waals surface area contributed by atoms with E-state index in [9.17, 15) is 35.1 Å². The molecule has 1 rings (SSSR count). The molecule has 7 atom stereocenters. The van der Waals surface area contributed by atoms with E-state index in [4.69, 9.17) is 14.2 Å². The third kappa shape index (κ3) is 43.7. The van der Waals surface area contributed by atoms with Gasteiger partial charge >= 0.3 is 5.97 Å². The number of esters is 1. The normalized spacial score (nSPS) is 18.9. The van der Waals surface area contributed by atoms with Crippen LogP contribution in [0.15, 0.2) is 36.5 Å².